The first kappa shape index (κ1) is 17.1. The zero-order valence-corrected chi connectivity index (χ0v) is 14.1. The standard InChI is InChI=1S/C19H23N5O/c20-18-8-4-7-17(22-18)19(25)23-21-13-15-9-11-24(12-10-15)14-16-5-2-1-3-6-16/h1-8,13,15H,9-12,14H2,(H2,20,22)(H,23,25). The molecule has 0 bridgehead atoms. The molecule has 6 heteroatoms. The summed E-state index contributed by atoms with van der Waals surface area (Å²) in [6.45, 7) is 3.06. The van der Waals surface area contributed by atoms with Gasteiger partial charge in [0.25, 0.3) is 5.91 Å². The molecule has 1 aliphatic heterocycles. The van der Waals surface area contributed by atoms with E-state index in [-0.39, 0.29) is 11.6 Å². The molecule has 0 aliphatic carbocycles. The zero-order valence-electron chi connectivity index (χ0n) is 14.1. The van der Waals surface area contributed by atoms with Crippen LogP contribution in [0.25, 0.3) is 0 Å². The van der Waals surface area contributed by atoms with Crippen LogP contribution in [0, 0.1) is 5.92 Å². The van der Waals surface area contributed by atoms with E-state index in [9.17, 15) is 4.79 Å². The third-order valence-corrected chi connectivity index (χ3v) is 4.34. The van der Waals surface area contributed by atoms with Gasteiger partial charge in [0.1, 0.15) is 11.5 Å². The molecule has 3 N–H and O–H groups in total. The first-order valence-corrected chi connectivity index (χ1v) is 8.53. The van der Waals surface area contributed by atoms with Crippen molar-refractivity contribution in [3.8, 4) is 0 Å². The first-order chi connectivity index (χ1) is 12.2. The van der Waals surface area contributed by atoms with Crippen molar-refractivity contribution in [1.29, 1.82) is 0 Å². The molecule has 0 radical (unpaired) electrons. The van der Waals surface area contributed by atoms with E-state index < -0.39 is 0 Å². The van der Waals surface area contributed by atoms with E-state index in [1.54, 1.807) is 18.2 Å². The number of nitrogens with one attached hydrogen (secondary N) is 1. The van der Waals surface area contributed by atoms with Crippen LogP contribution in [-0.4, -0.2) is 35.1 Å². The molecule has 3 rings (SSSR count). The molecule has 130 valence electrons. The molecule has 6 nitrogen and oxygen atoms in total. The summed E-state index contributed by atoms with van der Waals surface area (Å²) in [7, 11) is 0. The zero-order chi connectivity index (χ0) is 17.5. The van der Waals surface area contributed by atoms with Gasteiger partial charge < -0.3 is 5.73 Å². The molecular formula is C19H23N5O. The van der Waals surface area contributed by atoms with Gasteiger partial charge in [0.15, 0.2) is 0 Å². The van der Waals surface area contributed by atoms with E-state index >= 15 is 0 Å². The average Bonchev–Trinajstić information content (AvgIpc) is 2.64. The topological polar surface area (TPSA) is 83.6 Å². The fraction of sp³-hybridized carbons (Fsp3) is 0.316. The fourth-order valence-electron chi connectivity index (χ4n) is 2.94. The van der Waals surface area contributed by atoms with Crippen molar-refractivity contribution >= 4 is 17.9 Å². The Balaban J connectivity index is 1.42. The molecule has 0 atom stereocenters. The van der Waals surface area contributed by atoms with E-state index in [0.29, 0.717) is 11.7 Å². The number of hydrogen-bond donors (Lipinski definition) is 2. The van der Waals surface area contributed by atoms with Gasteiger partial charge in [-0.3, -0.25) is 9.69 Å². The van der Waals surface area contributed by atoms with Gasteiger partial charge in [-0.25, -0.2) is 10.4 Å². The lowest BCUT2D eigenvalue weighted by Gasteiger charge is -2.30. The smallest absolute Gasteiger partial charge is 0.290 e. The lowest BCUT2D eigenvalue weighted by atomic mass is 9.98. The van der Waals surface area contributed by atoms with Gasteiger partial charge in [0, 0.05) is 12.8 Å². The molecule has 1 aliphatic rings. The van der Waals surface area contributed by atoms with Crippen molar-refractivity contribution in [2.75, 3.05) is 18.8 Å². The van der Waals surface area contributed by atoms with Crippen LogP contribution in [0.2, 0.25) is 0 Å². The van der Waals surface area contributed by atoms with E-state index in [1.807, 2.05) is 12.3 Å². The third-order valence-electron chi connectivity index (χ3n) is 4.34. The number of nitrogen functional groups attached to an aromatic ring is 1. The Morgan fingerprint density at radius 1 is 1.20 bits per heavy atom. The van der Waals surface area contributed by atoms with Gasteiger partial charge in [-0.1, -0.05) is 36.4 Å². The first-order valence-electron chi connectivity index (χ1n) is 8.53. The second-order valence-corrected chi connectivity index (χ2v) is 6.27. The quantitative estimate of drug-likeness (QED) is 0.648. The molecule has 2 heterocycles. The summed E-state index contributed by atoms with van der Waals surface area (Å²) >= 11 is 0. The molecule has 0 spiro atoms. The minimum atomic E-state index is -0.343. The number of rotatable bonds is 5. The molecule has 1 saturated heterocycles. The minimum Gasteiger partial charge on any atom is -0.384 e. The van der Waals surface area contributed by atoms with Crippen LogP contribution in [0.4, 0.5) is 5.82 Å². The van der Waals surface area contributed by atoms with Crippen molar-refractivity contribution in [3.63, 3.8) is 0 Å². The maximum absolute atomic E-state index is 11.9. The Hall–Kier alpha value is -2.73. The molecule has 1 aromatic heterocycles. The highest BCUT2D eigenvalue weighted by atomic mass is 16.2. The molecule has 1 fully saturated rings. The molecular weight excluding hydrogens is 314 g/mol. The summed E-state index contributed by atoms with van der Waals surface area (Å²) in [5, 5.41) is 4.09. The van der Waals surface area contributed by atoms with E-state index in [1.165, 1.54) is 5.56 Å². The number of nitrogens with zero attached hydrogens (tertiary/aromatic N) is 3. The van der Waals surface area contributed by atoms with Crippen molar-refractivity contribution in [2.24, 2.45) is 11.0 Å². The third kappa shape index (κ3) is 5.12. The lowest BCUT2D eigenvalue weighted by molar-refractivity contribution is 0.0950. The highest BCUT2D eigenvalue weighted by Crippen LogP contribution is 2.17. The molecule has 25 heavy (non-hydrogen) atoms. The summed E-state index contributed by atoms with van der Waals surface area (Å²) in [5.41, 5.74) is 9.72. The number of pyridine rings is 1. The van der Waals surface area contributed by atoms with Crippen LogP contribution in [-0.2, 0) is 6.54 Å². The van der Waals surface area contributed by atoms with Crippen molar-refractivity contribution in [1.82, 2.24) is 15.3 Å². The normalized spacial score (nSPS) is 16.2. The van der Waals surface area contributed by atoms with Gasteiger partial charge in [-0.15, -0.1) is 0 Å². The monoisotopic (exact) mass is 337 g/mol. The van der Waals surface area contributed by atoms with Crippen LogP contribution < -0.4 is 11.2 Å². The largest absolute Gasteiger partial charge is 0.384 e. The summed E-state index contributed by atoms with van der Waals surface area (Å²) in [6, 6.07) is 15.5. The molecule has 0 unspecified atom stereocenters. The molecule has 1 amide bonds. The highest BCUT2D eigenvalue weighted by molar-refractivity contribution is 5.92. The SMILES string of the molecule is Nc1cccc(C(=O)NN=CC2CCN(Cc3ccccc3)CC2)n1. The number of carbonyl (C=O) groups excluding carboxylic acids is 1. The number of amides is 1. The van der Waals surface area contributed by atoms with Gasteiger partial charge in [0.05, 0.1) is 0 Å². The van der Waals surface area contributed by atoms with Gasteiger partial charge in [-0.05, 0) is 49.5 Å². The van der Waals surface area contributed by atoms with Crippen LogP contribution in [0.3, 0.4) is 0 Å². The summed E-state index contributed by atoms with van der Waals surface area (Å²) in [4.78, 5) is 18.4. The van der Waals surface area contributed by atoms with Crippen molar-refractivity contribution < 1.29 is 4.79 Å². The Bertz CT molecular complexity index is 724. The Morgan fingerprint density at radius 3 is 2.68 bits per heavy atom. The second kappa shape index (κ2) is 8.39. The van der Waals surface area contributed by atoms with Gasteiger partial charge in [-0.2, -0.15) is 5.10 Å². The van der Waals surface area contributed by atoms with Crippen LogP contribution in [0.15, 0.2) is 53.6 Å². The lowest BCUT2D eigenvalue weighted by Crippen LogP contribution is -2.34. The van der Waals surface area contributed by atoms with Crippen molar-refractivity contribution in [2.45, 2.75) is 19.4 Å². The van der Waals surface area contributed by atoms with Crippen molar-refractivity contribution in [3.05, 3.63) is 59.8 Å². The van der Waals surface area contributed by atoms with E-state index in [4.69, 9.17) is 5.73 Å². The Labute approximate surface area is 147 Å². The minimum absolute atomic E-state index is 0.273. The number of nitrogens with two attached hydrogens (primary N) is 1. The second-order valence-electron chi connectivity index (χ2n) is 6.27. The van der Waals surface area contributed by atoms with E-state index in [2.05, 4.69) is 44.7 Å². The van der Waals surface area contributed by atoms with Crippen LogP contribution >= 0.6 is 0 Å². The fourth-order valence-corrected chi connectivity index (χ4v) is 2.94. The predicted molar refractivity (Wildman–Crippen MR) is 99.1 cm³/mol. The van der Waals surface area contributed by atoms with Crippen LogP contribution in [0.5, 0.6) is 0 Å². The number of hydrogen-bond acceptors (Lipinski definition) is 5. The Morgan fingerprint density at radius 2 is 1.96 bits per heavy atom. The molecule has 1 aromatic carbocycles. The van der Waals surface area contributed by atoms with Crippen LogP contribution in [0.1, 0.15) is 28.9 Å². The van der Waals surface area contributed by atoms with Gasteiger partial charge in [0.2, 0.25) is 0 Å². The maximum atomic E-state index is 11.9. The number of piperidine rings is 1. The van der Waals surface area contributed by atoms with E-state index in [0.717, 1.165) is 32.5 Å². The predicted octanol–water partition coefficient (Wildman–Crippen LogP) is 2.29. The molecule has 2 aromatic rings. The number of carbonyl (C=O) groups is 1. The Kier molecular flexibility index (Phi) is 5.74. The summed E-state index contributed by atoms with van der Waals surface area (Å²) in [5.74, 6) is 0.369. The number of anilines is 1. The summed E-state index contributed by atoms with van der Waals surface area (Å²) in [6.07, 6.45) is 3.93. The number of likely N-dealkylation sites (tertiary alicyclic amines) is 1. The van der Waals surface area contributed by atoms with Gasteiger partial charge >= 0.3 is 0 Å². The number of benzene rings is 1. The average molecular weight is 337 g/mol. The number of aromatic nitrogens is 1. The highest BCUT2D eigenvalue weighted by Gasteiger charge is 2.18. The molecule has 0 saturated carbocycles. The number of hydrazone groups is 1. The summed E-state index contributed by atoms with van der Waals surface area (Å²) < 4.78 is 0. The maximum Gasteiger partial charge on any atom is 0.290 e.